The fourth-order valence-electron chi connectivity index (χ4n) is 4.24. The summed E-state index contributed by atoms with van der Waals surface area (Å²) >= 11 is 0. The molecule has 0 bridgehead atoms. The maximum Gasteiger partial charge on any atom is 0.240 e. The molecule has 0 aromatic heterocycles. The Morgan fingerprint density at radius 1 is 0.912 bits per heavy atom. The summed E-state index contributed by atoms with van der Waals surface area (Å²) < 4.78 is 33.7. The van der Waals surface area contributed by atoms with E-state index in [9.17, 15) is 8.42 Å². The van der Waals surface area contributed by atoms with Gasteiger partial charge in [0.05, 0.1) is 12.0 Å². The number of nitrogens with zero attached hydrogens (tertiary/aromatic N) is 1. The molecule has 6 nitrogen and oxygen atoms in total. The predicted molar refractivity (Wildman–Crippen MR) is 136 cm³/mol. The number of nitrogens with one attached hydrogen (secondary N) is 2. The predicted octanol–water partition coefficient (Wildman–Crippen LogP) is 4.02. The summed E-state index contributed by atoms with van der Waals surface area (Å²) in [6.07, 6.45) is 2.32. The average molecular weight is 480 g/mol. The summed E-state index contributed by atoms with van der Waals surface area (Å²) in [5, 5.41) is 3.68. The van der Waals surface area contributed by atoms with E-state index in [-0.39, 0.29) is 11.4 Å². The van der Waals surface area contributed by atoms with Gasteiger partial charge < -0.3 is 15.0 Å². The fraction of sp³-hybridized carbons (Fsp3) is 0.333. The molecular formula is C27H33N3O3S. The van der Waals surface area contributed by atoms with Gasteiger partial charge in [0, 0.05) is 24.7 Å². The summed E-state index contributed by atoms with van der Waals surface area (Å²) in [4.78, 5) is 2.61. The SMILES string of the molecule is COc1ccc(CNC2CCN(C)CC2)cc1-c1ccc(S(=O)(=O)NCc2ccccc2)cc1. The summed E-state index contributed by atoms with van der Waals surface area (Å²) in [7, 11) is 0.222. The Hall–Kier alpha value is -2.71. The first-order chi connectivity index (χ1) is 16.4. The molecule has 180 valence electrons. The van der Waals surface area contributed by atoms with Crippen molar-refractivity contribution in [1.29, 1.82) is 0 Å². The molecule has 7 heteroatoms. The zero-order chi connectivity index (χ0) is 24.0. The van der Waals surface area contributed by atoms with Crippen LogP contribution in [0.25, 0.3) is 11.1 Å². The van der Waals surface area contributed by atoms with Gasteiger partial charge in [-0.25, -0.2) is 13.1 Å². The van der Waals surface area contributed by atoms with E-state index >= 15 is 0 Å². The quantitative estimate of drug-likeness (QED) is 0.485. The van der Waals surface area contributed by atoms with Crippen molar-refractivity contribution in [3.05, 3.63) is 83.9 Å². The average Bonchev–Trinajstić information content (AvgIpc) is 2.88. The van der Waals surface area contributed by atoms with Crippen LogP contribution in [0.2, 0.25) is 0 Å². The van der Waals surface area contributed by atoms with Gasteiger partial charge in [0.1, 0.15) is 5.75 Å². The molecule has 1 heterocycles. The topological polar surface area (TPSA) is 70.7 Å². The summed E-state index contributed by atoms with van der Waals surface area (Å²) in [6.45, 7) is 3.30. The molecule has 1 aliphatic heterocycles. The van der Waals surface area contributed by atoms with Crippen LogP contribution in [0.15, 0.2) is 77.7 Å². The molecular weight excluding hydrogens is 446 g/mol. The maximum absolute atomic E-state index is 12.7. The van der Waals surface area contributed by atoms with Gasteiger partial charge in [-0.05, 0) is 73.9 Å². The number of methoxy groups -OCH3 is 1. The molecule has 0 saturated carbocycles. The Bertz CT molecular complexity index is 1170. The standard InChI is InChI=1S/C27H33N3O3S/c1-30-16-14-24(15-17-30)28-19-22-8-13-27(33-2)26(18-22)23-9-11-25(12-10-23)34(31,32)29-20-21-6-4-3-5-7-21/h3-13,18,24,28-29H,14-17,19-20H2,1-2H3. The fourth-order valence-corrected chi connectivity index (χ4v) is 5.25. The third-order valence-corrected chi connectivity index (χ3v) is 7.78. The number of sulfonamides is 1. The van der Waals surface area contributed by atoms with Crippen molar-refractivity contribution in [3.8, 4) is 16.9 Å². The van der Waals surface area contributed by atoms with Crippen molar-refractivity contribution in [2.45, 2.75) is 36.9 Å². The number of hydrogen-bond donors (Lipinski definition) is 2. The first-order valence-electron chi connectivity index (χ1n) is 11.7. The molecule has 0 unspecified atom stereocenters. The summed E-state index contributed by atoms with van der Waals surface area (Å²) in [5.74, 6) is 0.765. The van der Waals surface area contributed by atoms with Crippen LogP contribution in [0.4, 0.5) is 0 Å². The number of rotatable bonds is 9. The van der Waals surface area contributed by atoms with E-state index in [4.69, 9.17) is 4.74 Å². The van der Waals surface area contributed by atoms with Crippen LogP contribution in [0.3, 0.4) is 0 Å². The van der Waals surface area contributed by atoms with Crippen molar-refractivity contribution >= 4 is 10.0 Å². The number of piperidine rings is 1. The highest BCUT2D eigenvalue weighted by molar-refractivity contribution is 7.89. The van der Waals surface area contributed by atoms with Gasteiger partial charge >= 0.3 is 0 Å². The second-order valence-corrected chi connectivity index (χ2v) is 10.6. The molecule has 3 aromatic carbocycles. The minimum atomic E-state index is -3.60. The second-order valence-electron chi connectivity index (χ2n) is 8.83. The Morgan fingerprint density at radius 2 is 1.62 bits per heavy atom. The van der Waals surface area contributed by atoms with Crippen molar-refractivity contribution in [3.63, 3.8) is 0 Å². The first kappa shape index (κ1) is 24.4. The molecule has 2 N–H and O–H groups in total. The van der Waals surface area contributed by atoms with Crippen molar-refractivity contribution in [2.75, 3.05) is 27.2 Å². The lowest BCUT2D eigenvalue weighted by Crippen LogP contribution is -2.40. The van der Waals surface area contributed by atoms with Gasteiger partial charge in [-0.3, -0.25) is 0 Å². The van der Waals surface area contributed by atoms with Crippen LogP contribution in [-0.2, 0) is 23.1 Å². The zero-order valence-electron chi connectivity index (χ0n) is 19.8. The zero-order valence-corrected chi connectivity index (χ0v) is 20.6. The molecule has 1 saturated heterocycles. The Kier molecular flexibility index (Phi) is 8.00. The Balaban J connectivity index is 1.46. The van der Waals surface area contributed by atoms with E-state index in [1.54, 1.807) is 19.2 Å². The lowest BCUT2D eigenvalue weighted by Gasteiger charge is -2.29. The molecule has 0 aliphatic carbocycles. The largest absolute Gasteiger partial charge is 0.496 e. The van der Waals surface area contributed by atoms with E-state index in [0.29, 0.717) is 6.04 Å². The normalized spacial score (nSPS) is 15.4. The van der Waals surface area contributed by atoms with Crippen molar-refractivity contribution in [1.82, 2.24) is 14.9 Å². The van der Waals surface area contributed by atoms with Gasteiger partial charge in [-0.2, -0.15) is 0 Å². The van der Waals surface area contributed by atoms with Gasteiger partial charge in [0.25, 0.3) is 0 Å². The molecule has 34 heavy (non-hydrogen) atoms. The highest BCUT2D eigenvalue weighted by Crippen LogP contribution is 2.32. The van der Waals surface area contributed by atoms with Crippen LogP contribution >= 0.6 is 0 Å². The highest BCUT2D eigenvalue weighted by Gasteiger charge is 2.17. The van der Waals surface area contributed by atoms with Crippen LogP contribution < -0.4 is 14.8 Å². The van der Waals surface area contributed by atoms with Gasteiger partial charge in [-0.15, -0.1) is 0 Å². The number of likely N-dealkylation sites (tertiary alicyclic amines) is 1. The Morgan fingerprint density at radius 3 is 2.29 bits per heavy atom. The summed E-state index contributed by atoms with van der Waals surface area (Å²) in [6, 6.07) is 23.2. The third kappa shape index (κ3) is 6.24. The van der Waals surface area contributed by atoms with E-state index in [1.165, 1.54) is 5.56 Å². The lowest BCUT2D eigenvalue weighted by molar-refractivity contribution is 0.234. The second kappa shape index (κ2) is 11.1. The van der Waals surface area contributed by atoms with Crippen molar-refractivity contribution < 1.29 is 13.2 Å². The van der Waals surface area contributed by atoms with Gasteiger partial charge in [0.15, 0.2) is 0 Å². The number of hydrogen-bond acceptors (Lipinski definition) is 5. The molecule has 0 amide bonds. The summed E-state index contributed by atoms with van der Waals surface area (Å²) in [5.41, 5.74) is 3.96. The number of ether oxygens (including phenoxy) is 1. The first-order valence-corrected chi connectivity index (χ1v) is 13.2. The maximum atomic E-state index is 12.7. The number of benzene rings is 3. The molecule has 0 radical (unpaired) electrons. The third-order valence-electron chi connectivity index (χ3n) is 6.36. The van der Waals surface area contributed by atoms with Crippen LogP contribution in [0.1, 0.15) is 24.0 Å². The molecule has 0 atom stereocenters. The van der Waals surface area contributed by atoms with Crippen molar-refractivity contribution in [2.24, 2.45) is 0 Å². The minimum Gasteiger partial charge on any atom is -0.496 e. The lowest BCUT2D eigenvalue weighted by atomic mass is 10.0. The Labute approximate surface area is 203 Å². The van der Waals surface area contributed by atoms with Gasteiger partial charge in [-0.1, -0.05) is 48.5 Å². The minimum absolute atomic E-state index is 0.242. The van der Waals surface area contributed by atoms with E-state index in [1.807, 2.05) is 48.5 Å². The highest BCUT2D eigenvalue weighted by atomic mass is 32.2. The van der Waals surface area contributed by atoms with Gasteiger partial charge in [0.2, 0.25) is 10.0 Å². The monoisotopic (exact) mass is 479 g/mol. The van der Waals surface area contributed by atoms with E-state index < -0.39 is 10.0 Å². The van der Waals surface area contributed by atoms with Crippen LogP contribution in [0, 0.1) is 0 Å². The molecule has 3 aromatic rings. The van der Waals surface area contributed by atoms with E-state index in [0.717, 1.165) is 54.9 Å². The molecule has 1 fully saturated rings. The smallest absolute Gasteiger partial charge is 0.240 e. The van der Waals surface area contributed by atoms with E-state index in [2.05, 4.69) is 34.1 Å². The molecule has 0 spiro atoms. The molecule has 4 rings (SSSR count). The molecule has 1 aliphatic rings. The van der Waals surface area contributed by atoms with Crippen LogP contribution in [0.5, 0.6) is 5.75 Å². The van der Waals surface area contributed by atoms with Crippen LogP contribution in [-0.4, -0.2) is 46.6 Å².